The molecule has 0 aromatic carbocycles. The highest BCUT2D eigenvalue weighted by molar-refractivity contribution is 7.45. The van der Waals surface area contributed by atoms with Crippen LogP contribution in [0.2, 0.25) is 0 Å². The number of quaternary nitrogens is 1. The van der Waals surface area contributed by atoms with Gasteiger partial charge in [-0.3, -0.25) is 14.2 Å². The maximum absolute atomic E-state index is 12.7. The number of carbonyl (C=O) groups excluding carboxylic acids is 2. The van der Waals surface area contributed by atoms with E-state index in [2.05, 4.69) is 92.8 Å². The zero-order chi connectivity index (χ0) is 50.6. The third kappa shape index (κ3) is 54.4. The Morgan fingerprint density at radius 1 is 0.464 bits per heavy atom. The lowest BCUT2D eigenvalue weighted by atomic mass is 10.0. The minimum atomic E-state index is -4.65. The van der Waals surface area contributed by atoms with Crippen LogP contribution in [-0.4, -0.2) is 70.0 Å². The van der Waals surface area contributed by atoms with Crippen molar-refractivity contribution in [3.05, 3.63) is 85.1 Å². The lowest BCUT2D eigenvalue weighted by Crippen LogP contribution is -2.37. The SMILES string of the molecule is CC/C=C\C/C=C\C/C=C\C/C=C\C/C=C\C/C=C\C/C=C\CCCC(=O)OC(COC(=O)CCCCCCCCCCCCCCCCCCCCCCCC)COP(=O)([O-])OCC[N+](C)(C)C. The molecule has 0 amide bonds. The highest BCUT2D eigenvalue weighted by Gasteiger charge is 2.21. The lowest BCUT2D eigenvalue weighted by Gasteiger charge is -2.28. The van der Waals surface area contributed by atoms with Crippen LogP contribution in [0.5, 0.6) is 0 Å². The molecule has 10 heteroatoms. The first-order chi connectivity index (χ1) is 33.5. The smallest absolute Gasteiger partial charge is 0.306 e. The molecule has 0 aliphatic rings. The number of rotatable bonds is 50. The Labute approximate surface area is 424 Å². The first-order valence-corrected chi connectivity index (χ1v) is 29.3. The summed E-state index contributed by atoms with van der Waals surface area (Å²) in [4.78, 5) is 37.8. The molecule has 0 aromatic rings. The third-order valence-corrected chi connectivity index (χ3v) is 12.6. The molecule has 0 N–H and O–H groups in total. The summed E-state index contributed by atoms with van der Waals surface area (Å²) < 4.78 is 34.0. The molecule has 0 fully saturated rings. The summed E-state index contributed by atoms with van der Waals surface area (Å²) in [7, 11) is 1.12. The van der Waals surface area contributed by atoms with Crippen LogP contribution in [-0.2, 0) is 32.7 Å². The van der Waals surface area contributed by atoms with Crippen molar-refractivity contribution in [3.63, 3.8) is 0 Å². The van der Waals surface area contributed by atoms with Crippen LogP contribution in [0.15, 0.2) is 85.1 Å². The summed E-state index contributed by atoms with van der Waals surface area (Å²) in [6.45, 7) is 4.07. The van der Waals surface area contributed by atoms with Gasteiger partial charge in [-0.1, -0.05) is 234 Å². The summed E-state index contributed by atoms with van der Waals surface area (Å²) >= 11 is 0. The predicted octanol–water partition coefficient (Wildman–Crippen LogP) is 16.5. The van der Waals surface area contributed by atoms with Gasteiger partial charge in [0.25, 0.3) is 7.82 Å². The number of phosphoric ester groups is 1. The van der Waals surface area contributed by atoms with E-state index in [1.54, 1.807) is 0 Å². The van der Waals surface area contributed by atoms with Crippen molar-refractivity contribution < 1.29 is 42.1 Å². The molecule has 9 nitrogen and oxygen atoms in total. The van der Waals surface area contributed by atoms with Gasteiger partial charge in [0.15, 0.2) is 6.10 Å². The Kier molecular flexibility index (Phi) is 48.1. The minimum Gasteiger partial charge on any atom is -0.756 e. The second-order valence-corrected chi connectivity index (χ2v) is 21.0. The molecule has 2 unspecified atom stereocenters. The Morgan fingerprint density at radius 3 is 1.22 bits per heavy atom. The number of unbranched alkanes of at least 4 members (excludes halogenated alkanes) is 22. The van der Waals surface area contributed by atoms with E-state index in [0.29, 0.717) is 23.9 Å². The average Bonchev–Trinajstić information content (AvgIpc) is 3.31. The van der Waals surface area contributed by atoms with Crippen LogP contribution >= 0.6 is 7.82 Å². The average molecular weight is 986 g/mol. The molecule has 0 aliphatic heterocycles. The van der Waals surface area contributed by atoms with Gasteiger partial charge in [-0.2, -0.15) is 0 Å². The molecular formula is C59H104NO8P. The molecular weight excluding hydrogens is 882 g/mol. The van der Waals surface area contributed by atoms with Crippen LogP contribution in [0, 0.1) is 0 Å². The standard InChI is InChI=1S/C59H104NO8P/c1-6-8-10-12-14-16-18-20-22-24-26-28-30-32-34-36-38-40-42-44-46-48-50-52-59(62)68-57(56-67-69(63,64)66-54-53-60(3,4)5)55-65-58(61)51-49-47-45-43-41-39-37-35-33-31-29-27-25-23-21-19-17-15-13-11-9-7-2/h8,10,14,16,20,22,26,28,32,34,38,40,44,46,57H,6-7,9,11-13,15,17-19,21,23-25,27,29-31,33,35-37,39,41-43,45,47-56H2,1-5H3/b10-8-,16-14-,22-20-,28-26-,34-32-,40-38-,46-44-. The zero-order valence-corrected chi connectivity index (χ0v) is 45.9. The molecule has 0 spiro atoms. The topological polar surface area (TPSA) is 111 Å². The molecule has 0 heterocycles. The second-order valence-electron chi connectivity index (χ2n) is 19.6. The van der Waals surface area contributed by atoms with Gasteiger partial charge >= 0.3 is 11.9 Å². The van der Waals surface area contributed by atoms with E-state index < -0.39 is 32.5 Å². The molecule has 0 rings (SSSR count). The number of ether oxygens (including phenoxy) is 2. The van der Waals surface area contributed by atoms with Crippen molar-refractivity contribution in [2.75, 3.05) is 47.5 Å². The van der Waals surface area contributed by atoms with E-state index in [4.69, 9.17) is 18.5 Å². The molecule has 0 saturated carbocycles. The van der Waals surface area contributed by atoms with Crippen LogP contribution in [0.3, 0.4) is 0 Å². The quantitative estimate of drug-likeness (QED) is 0.0195. The van der Waals surface area contributed by atoms with Gasteiger partial charge in [0.05, 0.1) is 27.7 Å². The summed E-state index contributed by atoms with van der Waals surface area (Å²) in [6, 6.07) is 0. The predicted molar refractivity (Wildman–Crippen MR) is 291 cm³/mol. The molecule has 2 atom stereocenters. The Bertz CT molecular complexity index is 1440. The summed E-state index contributed by atoms with van der Waals surface area (Å²) in [5.41, 5.74) is 0. The maximum atomic E-state index is 12.7. The van der Waals surface area contributed by atoms with Crippen LogP contribution < -0.4 is 4.89 Å². The van der Waals surface area contributed by atoms with Crippen molar-refractivity contribution in [3.8, 4) is 0 Å². The number of nitrogens with zero attached hydrogens (tertiary/aromatic N) is 1. The van der Waals surface area contributed by atoms with Crippen LogP contribution in [0.4, 0.5) is 0 Å². The van der Waals surface area contributed by atoms with Gasteiger partial charge in [0.1, 0.15) is 19.8 Å². The monoisotopic (exact) mass is 986 g/mol. The first-order valence-electron chi connectivity index (χ1n) is 27.8. The number of hydrogen-bond donors (Lipinski definition) is 0. The molecule has 0 radical (unpaired) electrons. The number of carbonyl (C=O) groups is 2. The molecule has 0 saturated heterocycles. The number of allylic oxidation sites excluding steroid dienone is 14. The van der Waals surface area contributed by atoms with Crippen molar-refractivity contribution >= 4 is 19.8 Å². The molecule has 0 aromatic heterocycles. The van der Waals surface area contributed by atoms with E-state index in [1.807, 2.05) is 27.2 Å². The fraction of sp³-hybridized carbons (Fsp3) is 0.729. The highest BCUT2D eigenvalue weighted by Crippen LogP contribution is 2.38. The molecule has 398 valence electrons. The number of phosphoric acid groups is 1. The Morgan fingerprint density at radius 2 is 0.826 bits per heavy atom. The Hall–Kier alpha value is -2.81. The first kappa shape index (κ1) is 66.2. The van der Waals surface area contributed by atoms with E-state index in [0.717, 1.165) is 64.2 Å². The van der Waals surface area contributed by atoms with Crippen molar-refractivity contribution in [2.24, 2.45) is 0 Å². The van der Waals surface area contributed by atoms with E-state index >= 15 is 0 Å². The zero-order valence-electron chi connectivity index (χ0n) is 45.0. The van der Waals surface area contributed by atoms with Crippen molar-refractivity contribution in [1.82, 2.24) is 0 Å². The van der Waals surface area contributed by atoms with Crippen LogP contribution in [0.1, 0.15) is 226 Å². The van der Waals surface area contributed by atoms with E-state index in [1.165, 1.54) is 122 Å². The minimum absolute atomic E-state index is 0.0448. The van der Waals surface area contributed by atoms with Gasteiger partial charge in [-0.15, -0.1) is 0 Å². The van der Waals surface area contributed by atoms with Gasteiger partial charge in [0.2, 0.25) is 0 Å². The molecule has 69 heavy (non-hydrogen) atoms. The van der Waals surface area contributed by atoms with Gasteiger partial charge in [0, 0.05) is 12.8 Å². The number of esters is 2. The normalized spacial score (nSPS) is 14.0. The fourth-order valence-electron chi connectivity index (χ4n) is 7.41. The van der Waals surface area contributed by atoms with Crippen molar-refractivity contribution in [2.45, 2.75) is 232 Å². The molecule has 0 bridgehead atoms. The number of hydrogen-bond acceptors (Lipinski definition) is 8. The van der Waals surface area contributed by atoms with Crippen molar-refractivity contribution in [1.29, 1.82) is 0 Å². The molecule has 0 aliphatic carbocycles. The fourth-order valence-corrected chi connectivity index (χ4v) is 8.14. The highest BCUT2D eigenvalue weighted by atomic mass is 31.2. The largest absolute Gasteiger partial charge is 0.756 e. The lowest BCUT2D eigenvalue weighted by molar-refractivity contribution is -0.870. The summed E-state index contributed by atoms with van der Waals surface area (Å²) in [5.74, 6) is -0.901. The van der Waals surface area contributed by atoms with E-state index in [-0.39, 0.29) is 26.1 Å². The second kappa shape index (κ2) is 50.1. The maximum Gasteiger partial charge on any atom is 0.306 e. The van der Waals surface area contributed by atoms with Gasteiger partial charge < -0.3 is 27.9 Å². The number of likely N-dealkylation sites (N-methyl/N-ethyl adjacent to an activating group) is 1. The Balaban J connectivity index is 4.30. The summed E-state index contributed by atoms with van der Waals surface area (Å²) in [5, 5.41) is 0. The third-order valence-electron chi connectivity index (χ3n) is 11.7. The van der Waals surface area contributed by atoms with E-state index in [9.17, 15) is 19.0 Å². The van der Waals surface area contributed by atoms with Gasteiger partial charge in [-0.05, 0) is 64.2 Å². The summed E-state index contributed by atoms with van der Waals surface area (Å²) in [6.07, 6.45) is 66.3. The van der Waals surface area contributed by atoms with Crippen LogP contribution in [0.25, 0.3) is 0 Å². The van der Waals surface area contributed by atoms with Gasteiger partial charge in [-0.25, -0.2) is 0 Å².